The van der Waals surface area contributed by atoms with Crippen molar-refractivity contribution in [2.75, 3.05) is 0 Å². The fraction of sp³-hybridized carbons (Fsp3) is 0.273. The highest BCUT2D eigenvalue weighted by atomic mass is 19.1. The fourth-order valence-electron chi connectivity index (χ4n) is 1.25. The van der Waals surface area contributed by atoms with Gasteiger partial charge >= 0.3 is 0 Å². The first-order chi connectivity index (χ1) is 7.66. The number of nitrogens with zero attached hydrogens (tertiary/aromatic N) is 2. The number of hydrogen-bond donors (Lipinski definition) is 0. The number of benzene rings is 1. The maximum atomic E-state index is 13.3. The Labute approximate surface area is 92.0 Å². The molecule has 0 bridgehead atoms. The highest BCUT2D eigenvalue weighted by Gasteiger charge is 2.08. The van der Waals surface area contributed by atoms with Crippen LogP contribution in [0.3, 0.4) is 0 Å². The van der Waals surface area contributed by atoms with Gasteiger partial charge in [0, 0.05) is 0 Å². The third-order valence-corrected chi connectivity index (χ3v) is 2.20. The molecule has 1 aromatic carbocycles. The number of aromatic nitrogens is 2. The quantitative estimate of drug-likeness (QED) is 0.800. The van der Waals surface area contributed by atoms with Crippen LogP contribution in [-0.4, -0.2) is 10.3 Å². The Morgan fingerprint density at radius 3 is 2.81 bits per heavy atom. The highest BCUT2D eigenvalue weighted by Crippen LogP contribution is 2.19. The maximum Gasteiger partial charge on any atom is 0.165 e. The molecule has 0 atom stereocenters. The standard InChI is InChI=1S/C11H11FN2O2/c1-7-3-4-9(12)11(5-7)15-6-10-8(2)13-16-14-10/h3-5H,6H2,1-2H3. The lowest BCUT2D eigenvalue weighted by molar-refractivity contribution is 0.262. The first-order valence-electron chi connectivity index (χ1n) is 4.84. The lowest BCUT2D eigenvalue weighted by Crippen LogP contribution is -1.99. The van der Waals surface area contributed by atoms with Crippen molar-refractivity contribution in [3.8, 4) is 5.75 Å². The molecule has 16 heavy (non-hydrogen) atoms. The summed E-state index contributed by atoms with van der Waals surface area (Å²) in [5.41, 5.74) is 2.15. The largest absolute Gasteiger partial charge is 0.484 e. The zero-order chi connectivity index (χ0) is 11.5. The van der Waals surface area contributed by atoms with Gasteiger partial charge in [-0.15, -0.1) is 0 Å². The molecule has 2 rings (SSSR count). The second kappa shape index (κ2) is 4.30. The fourth-order valence-corrected chi connectivity index (χ4v) is 1.25. The van der Waals surface area contributed by atoms with E-state index < -0.39 is 0 Å². The third kappa shape index (κ3) is 2.18. The van der Waals surface area contributed by atoms with Crippen LogP contribution in [-0.2, 0) is 6.61 Å². The number of rotatable bonds is 3. The van der Waals surface area contributed by atoms with Crippen molar-refractivity contribution in [1.82, 2.24) is 10.3 Å². The minimum atomic E-state index is -0.389. The zero-order valence-electron chi connectivity index (χ0n) is 9.03. The predicted molar refractivity (Wildman–Crippen MR) is 54.5 cm³/mol. The molecule has 1 heterocycles. The molecule has 1 aromatic heterocycles. The molecule has 0 unspecified atom stereocenters. The summed E-state index contributed by atoms with van der Waals surface area (Å²) in [5.74, 6) is -0.179. The monoisotopic (exact) mass is 222 g/mol. The van der Waals surface area contributed by atoms with E-state index in [1.807, 2.05) is 6.92 Å². The van der Waals surface area contributed by atoms with Gasteiger partial charge in [-0.05, 0) is 31.5 Å². The molecule has 5 heteroatoms. The molecule has 0 aliphatic heterocycles. The average molecular weight is 222 g/mol. The number of aryl methyl sites for hydroxylation is 2. The maximum absolute atomic E-state index is 13.3. The summed E-state index contributed by atoms with van der Waals surface area (Å²) in [6.45, 7) is 3.77. The topological polar surface area (TPSA) is 48.2 Å². The first-order valence-corrected chi connectivity index (χ1v) is 4.84. The average Bonchev–Trinajstić information content (AvgIpc) is 2.66. The molecule has 2 aromatic rings. The van der Waals surface area contributed by atoms with Crippen LogP contribution in [0, 0.1) is 19.7 Å². The molecule has 0 saturated carbocycles. The van der Waals surface area contributed by atoms with Crippen LogP contribution >= 0.6 is 0 Å². The van der Waals surface area contributed by atoms with Gasteiger partial charge in [-0.25, -0.2) is 9.02 Å². The molecule has 0 spiro atoms. The van der Waals surface area contributed by atoms with E-state index in [0.717, 1.165) is 5.56 Å². The number of ether oxygens (including phenoxy) is 1. The van der Waals surface area contributed by atoms with Crippen LogP contribution in [0.1, 0.15) is 17.0 Å². The van der Waals surface area contributed by atoms with E-state index in [1.165, 1.54) is 6.07 Å². The molecule has 0 N–H and O–H groups in total. The number of halogens is 1. The summed E-state index contributed by atoms with van der Waals surface area (Å²) in [6, 6.07) is 4.70. The summed E-state index contributed by atoms with van der Waals surface area (Å²) in [6.07, 6.45) is 0. The molecular weight excluding hydrogens is 211 g/mol. The second-order valence-electron chi connectivity index (χ2n) is 3.52. The molecule has 84 valence electrons. The van der Waals surface area contributed by atoms with E-state index in [9.17, 15) is 4.39 Å². The van der Waals surface area contributed by atoms with E-state index in [0.29, 0.717) is 11.4 Å². The third-order valence-electron chi connectivity index (χ3n) is 2.20. The lowest BCUT2D eigenvalue weighted by atomic mass is 10.2. The van der Waals surface area contributed by atoms with Crippen molar-refractivity contribution in [3.05, 3.63) is 41.0 Å². The summed E-state index contributed by atoms with van der Waals surface area (Å²) >= 11 is 0. The van der Waals surface area contributed by atoms with Gasteiger partial charge in [-0.1, -0.05) is 16.4 Å². The molecule has 0 radical (unpaired) electrons. The minimum absolute atomic E-state index is 0.149. The van der Waals surface area contributed by atoms with Gasteiger partial charge in [0.15, 0.2) is 11.6 Å². The van der Waals surface area contributed by atoms with Crippen molar-refractivity contribution < 1.29 is 13.8 Å². The van der Waals surface area contributed by atoms with Crippen LogP contribution in [0.5, 0.6) is 5.75 Å². The van der Waals surface area contributed by atoms with E-state index in [1.54, 1.807) is 19.1 Å². The predicted octanol–water partition coefficient (Wildman–Crippen LogP) is 2.40. The zero-order valence-corrected chi connectivity index (χ0v) is 9.03. The summed E-state index contributed by atoms with van der Waals surface area (Å²) in [4.78, 5) is 0. The van der Waals surface area contributed by atoms with Gasteiger partial charge in [-0.3, -0.25) is 0 Å². The van der Waals surface area contributed by atoms with Crippen molar-refractivity contribution in [2.45, 2.75) is 20.5 Å². The summed E-state index contributed by atoms with van der Waals surface area (Å²) < 4.78 is 23.1. The second-order valence-corrected chi connectivity index (χ2v) is 3.52. The van der Waals surface area contributed by atoms with Gasteiger partial charge < -0.3 is 4.74 Å². The van der Waals surface area contributed by atoms with Crippen LogP contribution < -0.4 is 4.74 Å². The van der Waals surface area contributed by atoms with Crippen molar-refractivity contribution >= 4 is 0 Å². The molecule has 0 aliphatic rings. The van der Waals surface area contributed by atoms with Crippen molar-refractivity contribution in [3.63, 3.8) is 0 Å². The Morgan fingerprint density at radius 1 is 1.31 bits per heavy atom. The molecule has 0 aliphatic carbocycles. The highest BCUT2D eigenvalue weighted by molar-refractivity contribution is 5.29. The Hall–Kier alpha value is -1.91. The SMILES string of the molecule is Cc1ccc(F)c(OCc2nonc2C)c1. The van der Waals surface area contributed by atoms with E-state index in [2.05, 4.69) is 14.9 Å². The smallest absolute Gasteiger partial charge is 0.165 e. The van der Waals surface area contributed by atoms with Gasteiger partial charge in [0.25, 0.3) is 0 Å². The Bertz CT molecular complexity index is 496. The van der Waals surface area contributed by atoms with Crippen molar-refractivity contribution in [2.24, 2.45) is 0 Å². The Morgan fingerprint density at radius 2 is 2.12 bits per heavy atom. The van der Waals surface area contributed by atoms with Crippen LogP contribution in [0.2, 0.25) is 0 Å². The van der Waals surface area contributed by atoms with Crippen LogP contribution in [0.15, 0.2) is 22.8 Å². The van der Waals surface area contributed by atoms with Crippen LogP contribution in [0.4, 0.5) is 4.39 Å². The number of hydrogen-bond acceptors (Lipinski definition) is 4. The molecule has 0 fully saturated rings. The lowest BCUT2D eigenvalue weighted by Gasteiger charge is -2.06. The minimum Gasteiger partial charge on any atom is -0.484 e. The van der Waals surface area contributed by atoms with E-state index in [-0.39, 0.29) is 18.2 Å². The van der Waals surface area contributed by atoms with Gasteiger partial charge in [0.1, 0.15) is 18.0 Å². The Balaban J connectivity index is 2.10. The molecule has 0 saturated heterocycles. The van der Waals surface area contributed by atoms with Crippen molar-refractivity contribution in [1.29, 1.82) is 0 Å². The molecule has 4 nitrogen and oxygen atoms in total. The summed E-state index contributed by atoms with van der Waals surface area (Å²) in [7, 11) is 0. The van der Waals surface area contributed by atoms with Gasteiger partial charge in [0.05, 0.1) is 0 Å². The van der Waals surface area contributed by atoms with E-state index in [4.69, 9.17) is 4.74 Å². The van der Waals surface area contributed by atoms with Crippen LogP contribution in [0.25, 0.3) is 0 Å². The summed E-state index contributed by atoms with van der Waals surface area (Å²) in [5, 5.41) is 7.26. The normalized spacial score (nSPS) is 10.4. The molecular formula is C11H11FN2O2. The van der Waals surface area contributed by atoms with Gasteiger partial charge in [0.2, 0.25) is 0 Å². The van der Waals surface area contributed by atoms with E-state index >= 15 is 0 Å². The molecule has 0 amide bonds. The Kier molecular flexibility index (Phi) is 2.85. The van der Waals surface area contributed by atoms with Gasteiger partial charge in [-0.2, -0.15) is 0 Å². The first kappa shape index (κ1) is 10.6.